The van der Waals surface area contributed by atoms with Crippen LogP contribution in [0.4, 0.5) is 0 Å². The van der Waals surface area contributed by atoms with Crippen LogP contribution in [0.15, 0.2) is 54.5 Å². The zero-order chi connectivity index (χ0) is 20.4. The molecule has 0 saturated carbocycles. The molecule has 7 nitrogen and oxygen atoms in total. The maximum Gasteiger partial charge on any atom is 0.253 e. The Labute approximate surface area is 167 Å². The molecule has 1 heterocycles. The normalized spacial score (nSPS) is 14.1. The Morgan fingerprint density at radius 3 is 2.61 bits per heavy atom. The predicted molar refractivity (Wildman–Crippen MR) is 113 cm³/mol. The molecule has 150 valence electrons. The van der Waals surface area contributed by atoms with Crippen molar-refractivity contribution in [1.29, 1.82) is 5.41 Å². The molecule has 0 bridgehead atoms. The van der Waals surface area contributed by atoms with Gasteiger partial charge in [0.25, 0.3) is 5.91 Å². The SMILES string of the molecule is C=C=C(CN(CC(=N)N)Cc1ccc(C(=O)N2CCNCC2)cc1)N/C=C\C. The number of hydrogen-bond acceptors (Lipinski definition) is 5. The highest BCUT2D eigenvalue weighted by atomic mass is 16.2. The Morgan fingerprint density at radius 1 is 1.36 bits per heavy atom. The molecule has 0 atom stereocenters. The maximum absolute atomic E-state index is 12.6. The summed E-state index contributed by atoms with van der Waals surface area (Å²) in [5.74, 6) is 0.168. The summed E-state index contributed by atoms with van der Waals surface area (Å²) in [6.45, 7) is 10.3. The van der Waals surface area contributed by atoms with Crippen molar-refractivity contribution in [3.05, 3.63) is 65.7 Å². The summed E-state index contributed by atoms with van der Waals surface area (Å²) in [5, 5.41) is 14.0. The quantitative estimate of drug-likeness (QED) is 0.293. The molecule has 0 aromatic heterocycles. The van der Waals surface area contributed by atoms with Crippen molar-refractivity contribution < 1.29 is 4.79 Å². The van der Waals surface area contributed by atoms with Crippen molar-refractivity contribution in [1.82, 2.24) is 20.4 Å². The highest BCUT2D eigenvalue weighted by molar-refractivity contribution is 5.94. The van der Waals surface area contributed by atoms with Gasteiger partial charge in [-0.1, -0.05) is 24.8 Å². The third-order valence-electron chi connectivity index (χ3n) is 4.42. The number of carbonyl (C=O) groups excluding carboxylic acids is 1. The first-order chi connectivity index (χ1) is 13.5. The molecule has 28 heavy (non-hydrogen) atoms. The fourth-order valence-corrected chi connectivity index (χ4v) is 3.03. The average Bonchev–Trinajstić information content (AvgIpc) is 2.71. The van der Waals surface area contributed by atoms with E-state index in [-0.39, 0.29) is 11.7 Å². The van der Waals surface area contributed by atoms with E-state index in [1.54, 1.807) is 0 Å². The summed E-state index contributed by atoms with van der Waals surface area (Å²) >= 11 is 0. The molecule has 1 aromatic carbocycles. The zero-order valence-corrected chi connectivity index (χ0v) is 16.5. The number of amides is 1. The van der Waals surface area contributed by atoms with E-state index in [9.17, 15) is 4.79 Å². The Balaban J connectivity index is 2.03. The largest absolute Gasteiger partial charge is 0.387 e. The number of rotatable bonds is 9. The van der Waals surface area contributed by atoms with Gasteiger partial charge in [0.05, 0.1) is 12.2 Å². The van der Waals surface area contributed by atoms with Gasteiger partial charge in [0.2, 0.25) is 0 Å². The van der Waals surface area contributed by atoms with Gasteiger partial charge in [0, 0.05) is 44.8 Å². The first kappa shape index (κ1) is 21.4. The Kier molecular flexibility index (Phi) is 8.49. The molecule has 1 aliphatic rings. The summed E-state index contributed by atoms with van der Waals surface area (Å²) in [5.41, 5.74) is 11.1. The van der Waals surface area contributed by atoms with Crippen molar-refractivity contribution in [2.24, 2.45) is 5.73 Å². The number of allylic oxidation sites excluding steroid dienone is 1. The molecule has 1 amide bonds. The van der Waals surface area contributed by atoms with Gasteiger partial charge in [-0.05, 0) is 30.8 Å². The van der Waals surface area contributed by atoms with Gasteiger partial charge in [-0.2, -0.15) is 0 Å². The minimum absolute atomic E-state index is 0.0704. The lowest BCUT2D eigenvalue weighted by molar-refractivity contribution is 0.0736. The number of nitrogens with two attached hydrogens (primary N) is 1. The first-order valence-electron chi connectivity index (χ1n) is 9.44. The number of piperazine rings is 1. The van der Waals surface area contributed by atoms with Crippen molar-refractivity contribution in [2.75, 3.05) is 39.3 Å². The molecule has 2 rings (SSSR count). The van der Waals surface area contributed by atoms with Gasteiger partial charge in [0.1, 0.15) is 5.84 Å². The number of carbonyl (C=O) groups is 1. The van der Waals surface area contributed by atoms with Gasteiger partial charge < -0.3 is 21.3 Å². The molecular formula is C21H30N6O. The van der Waals surface area contributed by atoms with Crippen LogP contribution in [-0.2, 0) is 6.54 Å². The number of nitrogens with one attached hydrogen (secondary N) is 3. The van der Waals surface area contributed by atoms with E-state index in [1.165, 1.54) is 0 Å². The van der Waals surface area contributed by atoms with Crippen LogP contribution < -0.4 is 16.4 Å². The number of hydrogen-bond donors (Lipinski definition) is 4. The molecule has 1 fully saturated rings. The van der Waals surface area contributed by atoms with Crippen LogP contribution in [0.1, 0.15) is 22.8 Å². The molecule has 5 N–H and O–H groups in total. The Bertz CT molecular complexity index is 743. The third-order valence-corrected chi connectivity index (χ3v) is 4.42. The molecule has 0 spiro atoms. The van der Waals surface area contributed by atoms with Crippen LogP contribution in [0, 0.1) is 5.41 Å². The first-order valence-corrected chi connectivity index (χ1v) is 9.44. The third kappa shape index (κ3) is 6.70. The summed E-state index contributed by atoms with van der Waals surface area (Å²) in [4.78, 5) is 16.5. The summed E-state index contributed by atoms with van der Waals surface area (Å²) in [6, 6.07) is 7.65. The van der Waals surface area contributed by atoms with E-state index in [0.29, 0.717) is 25.2 Å². The minimum atomic E-state index is 0.0704. The van der Waals surface area contributed by atoms with Gasteiger partial charge in [0.15, 0.2) is 0 Å². The average molecular weight is 383 g/mol. The molecule has 7 heteroatoms. The van der Waals surface area contributed by atoms with E-state index in [2.05, 4.69) is 22.9 Å². The van der Waals surface area contributed by atoms with E-state index < -0.39 is 0 Å². The van der Waals surface area contributed by atoms with Crippen molar-refractivity contribution in [2.45, 2.75) is 13.5 Å². The van der Waals surface area contributed by atoms with Gasteiger partial charge in [-0.3, -0.25) is 15.1 Å². The van der Waals surface area contributed by atoms with Crippen LogP contribution in [0.2, 0.25) is 0 Å². The van der Waals surface area contributed by atoms with Gasteiger partial charge >= 0.3 is 0 Å². The fraction of sp³-hybridized carbons (Fsp3) is 0.381. The standard InChI is InChI=1S/C21H30N6O/c1-3-9-25-19(4-2)15-26(16-20(22)23)14-17-5-7-18(8-6-17)21(28)27-12-10-24-11-13-27/h3,5-9,24-25H,2,10-16H2,1H3,(H3,22,23)/b9-3-. The van der Waals surface area contributed by atoms with Gasteiger partial charge in [-0.25, -0.2) is 0 Å². The van der Waals surface area contributed by atoms with Crippen LogP contribution >= 0.6 is 0 Å². The second kappa shape index (κ2) is 11.1. The van der Waals surface area contributed by atoms with Crippen LogP contribution in [-0.4, -0.2) is 60.8 Å². The molecule has 0 aliphatic carbocycles. The monoisotopic (exact) mass is 382 g/mol. The van der Waals surface area contributed by atoms with E-state index in [0.717, 1.165) is 37.4 Å². The van der Waals surface area contributed by atoms with E-state index >= 15 is 0 Å². The Hall–Kier alpha value is -2.86. The van der Waals surface area contributed by atoms with Crippen molar-refractivity contribution in [3.8, 4) is 0 Å². The number of nitrogens with zero attached hydrogens (tertiary/aromatic N) is 2. The molecule has 1 aromatic rings. The highest BCUT2D eigenvalue weighted by Gasteiger charge is 2.18. The molecular weight excluding hydrogens is 352 g/mol. The summed E-state index contributed by atoms with van der Waals surface area (Å²) < 4.78 is 0. The Morgan fingerprint density at radius 2 is 2.04 bits per heavy atom. The number of benzene rings is 1. The van der Waals surface area contributed by atoms with E-state index in [1.807, 2.05) is 53.3 Å². The molecule has 0 radical (unpaired) electrons. The van der Waals surface area contributed by atoms with Crippen molar-refractivity contribution in [3.63, 3.8) is 0 Å². The fourth-order valence-electron chi connectivity index (χ4n) is 3.03. The van der Waals surface area contributed by atoms with Gasteiger partial charge in [-0.15, -0.1) is 5.73 Å². The van der Waals surface area contributed by atoms with Crippen molar-refractivity contribution >= 4 is 11.7 Å². The van der Waals surface area contributed by atoms with E-state index in [4.69, 9.17) is 11.1 Å². The predicted octanol–water partition coefficient (Wildman–Crippen LogP) is 1.26. The lowest BCUT2D eigenvalue weighted by atomic mass is 10.1. The second-order valence-electron chi connectivity index (χ2n) is 6.71. The summed E-state index contributed by atoms with van der Waals surface area (Å²) in [7, 11) is 0. The van der Waals surface area contributed by atoms with Crippen LogP contribution in [0.25, 0.3) is 0 Å². The lowest BCUT2D eigenvalue weighted by Gasteiger charge is -2.27. The number of amidine groups is 1. The maximum atomic E-state index is 12.6. The second-order valence-corrected chi connectivity index (χ2v) is 6.71. The smallest absolute Gasteiger partial charge is 0.253 e. The topological polar surface area (TPSA) is 97.5 Å². The molecule has 1 aliphatic heterocycles. The molecule has 1 saturated heterocycles. The zero-order valence-electron chi connectivity index (χ0n) is 16.5. The lowest BCUT2D eigenvalue weighted by Crippen LogP contribution is -2.46. The van der Waals surface area contributed by atoms with Crippen LogP contribution in [0.3, 0.4) is 0 Å². The summed E-state index contributed by atoms with van der Waals surface area (Å²) in [6.07, 6.45) is 3.71. The molecule has 0 unspecified atom stereocenters. The minimum Gasteiger partial charge on any atom is -0.387 e. The van der Waals surface area contributed by atoms with Crippen LogP contribution in [0.5, 0.6) is 0 Å². The highest BCUT2D eigenvalue weighted by Crippen LogP contribution is 2.11.